The first kappa shape index (κ1) is 11.8. The molecule has 0 atom stereocenters. The molecule has 90 valence electrons. The Morgan fingerprint density at radius 1 is 1.53 bits per heavy atom. The van der Waals surface area contributed by atoms with Crippen molar-refractivity contribution in [3.63, 3.8) is 0 Å². The first-order valence-electron chi connectivity index (χ1n) is 5.26. The summed E-state index contributed by atoms with van der Waals surface area (Å²) in [5, 5.41) is 8.85. The van der Waals surface area contributed by atoms with E-state index >= 15 is 0 Å². The van der Waals surface area contributed by atoms with Crippen molar-refractivity contribution in [3.8, 4) is 0 Å². The molecule has 0 fully saturated rings. The van der Waals surface area contributed by atoms with E-state index in [4.69, 9.17) is 4.52 Å². The molecule has 2 heterocycles. The minimum absolute atomic E-state index is 0.198. The van der Waals surface area contributed by atoms with Gasteiger partial charge in [-0.1, -0.05) is 19.0 Å². The van der Waals surface area contributed by atoms with E-state index in [-0.39, 0.29) is 11.7 Å². The number of thiazole rings is 1. The lowest BCUT2D eigenvalue weighted by atomic mass is 10.2. The van der Waals surface area contributed by atoms with Gasteiger partial charge in [0.25, 0.3) is 5.91 Å². The van der Waals surface area contributed by atoms with Gasteiger partial charge in [0.15, 0.2) is 5.13 Å². The second kappa shape index (κ2) is 4.67. The van der Waals surface area contributed by atoms with Crippen LogP contribution in [0.1, 0.15) is 41.7 Å². The molecule has 0 aromatic carbocycles. The van der Waals surface area contributed by atoms with Crippen LogP contribution in [0.4, 0.5) is 5.13 Å². The maximum Gasteiger partial charge on any atom is 0.296 e. The fourth-order valence-corrected chi connectivity index (χ4v) is 2.11. The maximum absolute atomic E-state index is 11.7. The lowest BCUT2D eigenvalue weighted by molar-refractivity contribution is 0.0988. The highest BCUT2D eigenvalue weighted by atomic mass is 32.1. The van der Waals surface area contributed by atoms with E-state index in [1.54, 1.807) is 13.0 Å². The Kier molecular flexibility index (Phi) is 3.23. The number of hydrogen-bond acceptors (Lipinski definition) is 5. The van der Waals surface area contributed by atoms with Crippen LogP contribution in [0.15, 0.2) is 16.0 Å². The Balaban J connectivity index is 2.07. The van der Waals surface area contributed by atoms with Gasteiger partial charge in [-0.25, -0.2) is 4.98 Å². The van der Waals surface area contributed by atoms with Crippen molar-refractivity contribution in [2.45, 2.75) is 26.7 Å². The van der Waals surface area contributed by atoms with Crippen molar-refractivity contribution in [2.75, 3.05) is 5.32 Å². The van der Waals surface area contributed by atoms with Crippen LogP contribution in [-0.2, 0) is 0 Å². The van der Waals surface area contributed by atoms with Crippen LogP contribution < -0.4 is 5.32 Å². The summed E-state index contributed by atoms with van der Waals surface area (Å²) in [6.45, 7) is 5.88. The predicted molar refractivity (Wildman–Crippen MR) is 65.4 cm³/mol. The number of nitrogens with zero attached hydrogens (tertiary/aromatic N) is 2. The molecular formula is C11H13N3O2S. The minimum Gasteiger partial charge on any atom is -0.351 e. The molecule has 0 bridgehead atoms. The molecule has 0 aliphatic rings. The third-order valence-corrected chi connectivity index (χ3v) is 2.96. The molecule has 1 amide bonds. The number of anilines is 1. The van der Waals surface area contributed by atoms with Crippen LogP contribution in [0.3, 0.4) is 0 Å². The van der Waals surface area contributed by atoms with E-state index in [2.05, 4.69) is 29.3 Å². The Bertz CT molecular complexity index is 530. The van der Waals surface area contributed by atoms with Crippen LogP contribution >= 0.6 is 11.3 Å². The zero-order valence-corrected chi connectivity index (χ0v) is 10.7. The molecule has 2 aromatic heterocycles. The molecule has 2 aromatic rings. The Morgan fingerprint density at radius 3 is 2.82 bits per heavy atom. The third kappa shape index (κ3) is 2.71. The smallest absolute Gasteiger partial charge is 0.296 e. The highest BCUT2D eigenvalue weighted by Gasteiger charge is 2.14. The second-order valence-corrected chi connectivity index (χ2v) is 4.88. The number of hydrogen-bond donors (Lipinski definition) is 1. The average Bonchev–Trinajstić information content (AvgIpc) is 2.86. The first-order chi connectivity index (χ1) is 8.06. The molecule has 0 aliphatic carbocycles. The Labute approximate surface area is 103 Å². The normalized spacial score (nSPS) is 10.8. The summed E-state index contributed by atoms with van der Waals surface area (Å²) in [6.07, 6.45) is 0. The van der Waals surface area contributed by atoms with E-state index in [1.807, 2.05) is 5.38 Å². The van der Waals surface area contributed by atoms with Crippen molar-refractivity contribution in [1.29, 1.82) is 0 Å². The molecule has 1 N–H and O–H groups in total. The SMILES string of the molecule is Cc1cc(C(=O)Nc2nc(C(C)C)cs2)on1. The van der Waals surface area contributed by atoms with Gasteiger partial charge in [0.05, 0.1) is 11.4 Å². The summed E-state index contributed by atoms with van der Waals surface area (Å²) in [7, 11) is 0. The fraction of sp³-hybridized carbons (Fsp3) is 0.364. The van der Waals surface area contributed by atoms with Crippen molar-refractivity contribution < 1.29 is 9.32 Å². The molecule has 17 heavy (non-hydrogen) atoms. The highest BCUT2D eigenvalue weighted by molar-refractivity contribution is 7.14. The van der Waals surface area contributed by atoms with E-state index in [9.17, 15) is 4.79 Å². The molecule has 0 unspecified atom stereocenters. The van der Waals surface area contributed by atoms with Gasteiger partial charge in [-0.05, 0) is 12.8 Å². The molecule has 0 saturated carbocycles. The van der Waals surface area contributed by atoms with Gasteiger partial charge in [-0.3, -0.25) is 10.1 Å². The monoisotopic (exact) mass is 251 g/mol. The number of rotatable bonds is 3. The molecule has 2 rings (SSSR count). The number of carbonyl (C=O) groups excluding carboxylic acids is 1. The summed E-state index contributed by atoms with van der Waals surface area (Å²) in [5.41, 5.74) is 1.65. The molecule has 5 nitrogen and oxygen atoms in total. The largest absolute Gasteiger partial charge is 0.351 e. The van der Waals surface area contributed by atoms with Crippen molar-refractivity contribution in [1.82, 2.24) is 10.1 Å². The van der Waals surface area contributed by atoms with E-state index in [0.29, 0.717) is 16.7 Å². The first-order valence-corrected chi connectivity index (χ1v) is 6.14. The molecule has 0 radical (unpaired) electrons. The Morgan fingerprint density at radius 2 is 2.29 bits per heavy atom. The summed E-state index contributed by atoms with van der Waals surface area (Å²) in [4.78, 5) is 16.0. The van der Waals surface area contributed by atoms with Crippen LogP contribution in [0.5, 0.6) is 0 Å². The topological polar surface area (TPSA) is 68.0 Å². The number of carbonyl (C=O) groups is 1. The van der Waals surface area contributed by atoms with Gasteiger partial charge in [0.1, 0.15) is 0 Å². The molecule has 0 spiro atoms. The third-order valence-electron chi connectivity index (χ3n) is 2.19. The summed E-state index contributed by atoms with van der Waals surface area (Å²) in [6, 6.07) is 1.59. The van der Waals surface area contributed by atoms with E-state index in [0.717, 1.165) is 5.69 Å². The number of nitrogens with one attached hydrogen (secondary N) is 1. The number of aryl methyl sites for hydroxylation is 1. The second-order valence-electron chi connectivity index (χ2n) is 4.02. The van der Waals surface area contributed by atoms with Crippen LogP contribution in [0.25, 0.3) is 0 Å². The lowest BCUT2D eigenvalue weighted by Gasteiger charge is -1.98. The Hall–Kier alpha value is -1.69. The van der Waals surface area contributed by atoms with E-state index in [1.165, 1.54) is 11.3 Å². The van der Waals surface area contributed by atoms with Gasteiger partial charge < -0.3 is 4.52 Å². The minimum atomic E-state index is -0.324. The van der Waals surface area contributed by atoms with Gasteiger partial charge in [0.2, 0.25) is 5.76 Å². The number of aromatic nitrogens is 2. The summed E-state index contributed by atoms with van der Waals surface area (Å²) >= 11 is 1.40. The van der Waals surface area contributed by atoms with Crippen molar-refractivity contribution in [2.24, 2.45) is 0 Å². The predicted octanol–water partition coefficient (Wildman–Crippen LogP) is 2.82. The van der Waals surface area contributed by atoms with Gasteiger partial charge in [-0.15, -0.1) is 11.3 Å². The molecule has 0 saturated heterocycles. The van der Waals surface area contributed by atoms with Crippen LogP contribution in [0.2, 0.25) is 0 Å². The zero-order valence-electron chi connectivity index (χ0n) is 9.85. The zero-order chi connectivity index (χ0) is 12.4. The maximum atomic E-state index is 11.7. The summed E-state index contributed by atoms with van der Waals surface area (Å²) < 4.78 is 4.87. The quantitative estimate of drug-likeness (QED) is 0.910. The number of amides is 1. The lowest BCUT2D eigenvalue weighted by Crippen LogP contribution is -2.10. The molecule has 6 heteroatoms. The standard InChI is InChI=1S/C11H13N3O2S/c1-6(2)8-5-17-11(12-8)13-10(15)9-4-7(3)14-16-9/h4-6H,1-3H3,(H,12,13,15). The van der Waals surface area contributed by atoms with Gasteiger partial charge >= 0.3 is 0 Å². The van der Waals surface area contributed by atoms with E-state index < -0.39 is 0 Å². The van der Waals surface area contributed by atoms with Gasteiger partial charge in [-0.2, -0.15) is 0 Å². The van der Waals surface area contributed by atoms with Crippen LogP contribution in [0, 0.1) is 6.92 Å². The summed E-state index contributed by atoms with van der Waals surface area (Å²) in [5.74, 6) is 0.225. The average molecular weight is 251 g/mol. The van der Waals surface area contributed by atoms with Crippen molar-refractivity contribution in [3.05, 3.63) is 28.6 Å². The van der Waals surface area contributed by atoms with Crippen molar-refractivity contribution >= 4 is 22.4 Å². The van der Waals surface area contributed by atoms with Gasteiger partial charge in [0, 0.05) is 11.4 Å². The van der Waals surface area contributed by atoms with Crippen LogP contribution in [-0.4, -0.2) is 16.0 Å². The molecule has 0 aliphatic heterocycles. The molecular weight excluding hydrogens is 238 g/mol. The highest BCUT2D eigenvalue weighted by Crippen LogP contribution is 2.21. The fourth-order valence-electron chi connectivity index (χ4n) is 1.24.